The van der Waals surface area contributed by atoms with Gasteiger partial charge in [-0.3, -0.25) is 4.79 Å². The van der Waals surface area contributed by atoms with Crippen LogP contribution in [0.3, 0.4) is 0 Å². The molecule has 1 unspecified atom stereocenters. The zero-order valence-corrected chi connectivity index (χ0v) is 19.1. The van der Waals surface area contributed by atoms with Crippen LogP contribution in [0.15, 0.2) is 42.5 Å². The largest absolute Gasteiger partial charge is 0.343 e. The van der Waals surface area contributed by atoms with Gasteiger partial charge in [-0.15, -0.1) is 0 Å². The lowest BCUT2D eigenvalue weighted by Crippen LogP contribution is -2.54. The maximum Gasteiger partial charge on any atom is 0.254 e. The zero-order valence-electron chi connectivity index (χ0n) is 16.8. The van der Waals surface area contributed by atoms with E-state index in [9.17, 15) is 4.79 Å². The number of halogens is 2. The predicted molar refractivity (Wildman–Crippen MR) is 123 cm³/mol. The van der Waals surface area contributed by atoms with Crippen LogP contribution in [-0.4, -0.2) is 45.8 Å². The van der Waals surface area contributed by atoms with Crippen LogP contribution >= 0.6 is 34.7 Å². The lowest BCUT2D eigenvalue weighted by Gasteiger charge is -2.39. The van der Waals surface area contributed by atoms with Gasteiger partial charge >= 0.3 is 0 Å². The number of carbonyl (C=O) groups excluding carboxylic acids is 1. The van der Waals surface area contributed by atoms with Gasteiger partial charge in [0.2, 0.25) is 5.13 Å². The first-order chi connectivity index (χ1) is 14.4. The van der Waals surface area contributed by atoms with E-state index in [1.807, 2.05) is 4.90 Å². The summed E-state index contributed by atoms with van der Waals surface area (Å²) in [7, 11) is 0. The number of nitrogens with zero attached hydrogens (tertiary/aromatic N) is 4. The molecule has 0 bridgehead atoms. The molecule has 1 aromatic heterocycles. The molecule has 1 fully saturated rings. The number of amides is 1. The third kappa shape index (κ3) is 4.61. The van der Waals surface area contributed by atoms with Gasteiger partial charge in [-0.05, 0) is 37.6 Å². The molecule has 4 rings (SSSR count). The molecule has 1 saturated heterocycles. The first-order valence-corrected chi connectivity index (χ1v) is 11.3. The van der Waals surface area contributed by atoms with Gasteiger partial charge in [0.1, 0.15) is 5.82 Å². The van der Waals surface area contributed by atoms with E-state index < -0.39 is 0 Å². The third-order valence-electron chi connectivity index (χ3n) is 5.27. The molecule has 2 aromatic carbocycles. The van der Waals surface area contributed by atoms with Crippen molar-refractivity contribution in [2.45, 2.75) is 26.3 Å². The Labute approximate surface area is 190 Å². The molecule has 2 heterocycles. The molecule has 0 N–H and O–H groups in total. The van der Waals surface area contributed by atoms with Crippen LogP contribution in [0.4, 0.5) is 5.13 Å². The quantitative estimate of drug-likeness (QED) is 0.543. The summed E-state index contributed by atoms with van der Waals surface area (Å²) in [6.07, 6.45) is 0.724. The van der Waals surface area contributed by atoms with Crippen molar-refractivity contribution in [2.24, 2.45) is 0 Å². The van der Waals surface area contributed by atoms with E-state index >= 15 is 0 Å². The average Bonchev–Trinajstić information content (AvgIpc) is 3.20. The van der Waals surface area contributed by atoms with Crippen LogP contribution in [0.1, 0.15) is 34.2 Å². The summed E-state index contributed by atoms with van der Waals surface area (Å²) in [6, 6.07) is 13.5. The summed E-state index contributed by atoms with van der Waals surface area (Å²) >= 11 is 13.5. The van der Waals surface area contributed by atoms with Crippen LogP contribution in [0.5, 0.6) is 0 Å². The van der Waals surface area contributed by atoms with Crippen molar-refractivity contribution in [3.63, 3.8) is 0 Å². The Morgan fingerprint density at radius 1 is 1.13 bits per heavy atom. The molecule has 1 amide bonds. The SMILES string of the molecule is Cc1ccc(Cc2nsc(N3CCN(C(=O)c4ccc(Cl)c(Cl)c4)C(C)C3)n2)cc1. The van der Waals surface area contributed by atoms with Gasteiger partial charge in [0.05, 0.1) is 10.0 Å². The van der Waals surface area contributed by atoms with Crippen molar-refractivity contribution in [1.29, 1.82) is 0 Å². The smallest absolute Gasteiger partial charge is 0.254 e. The van der Waals surface area contributed by atoms with E-state index in [-0.39, 0.29) is 11.9 Å². The standard InChI is InChI=1S/C22H22Cl2N4OS/c1-14-3-5-16(6-4-14)11-20-25-22(30-26-20)27-9-10-28(15(2)13-27)21(29)17-7-8-18(23)19(24)12-17/h3-8,12,15H,9-11,13H2,1-2H3. The van der Waals surface area contributed by atoms with Gasteiger partial charge in [-0.25, -0.2) is 4.98 Å². The van der Waals surface area contributed by atoms with Crippen molar-refractivity contribution in [3.05, 3.63) is 75.0 Å². The van der Waals surface area contributed by atoms with Crippen molar-refractivity contribution >= 4 is 45.8 Å². The van der Waals surface area contributed by atoms with Crippen molar-refractivity contribution in [2.75, 3.05) is 24.5 Å². The highest BCUT2D eigenvalue weighted by molar-refractivity contribution is 7.09. The normalized spacial score (nSPS) is 16.7. The second-order valence-corrected chi connectivity index (χ2v) is 9.12. The molecule has 0 spiro atoms. The molecule has 0 radical (unpaired) electrons. The maximum atomic E-state index is 12.9. The topological polar surface area (TPSA) is 49.3 Å². The molecule has 30 heavy (non-hydrogen) atoms. The summed E-state index contributed by atoms with van der Waals surface area (Å²) < 4.78 is 4.53. The minimum Gasteiger partial charge on any atom is -0.343 e. The lowest BCUT2D eigenvalue weighted by atomic mass is 10.1. The number of benzene rings is 2. The number of hydrogen-bond acceptors (Lipinski definition) is 5. The summed E-state index contributed by atoms with van der Waals surface area (Å²) in [4.78, 5) is 21.7. The Morgan fingerprint density at radius 2 is 1.90 bits per heavy atom. The number of anilines is 1. The minimum atomic E-state index is -0.0296. The molecular weight excluding hydrogens is 439 g/mol. The number of rotatable bonds is 4. The molecular formula is C22H22Cl2N4OS. The Balaban J connectivity index is 1.40. The highest BCUT2D eigenvalue weighted by Gasteiger charge is 2.29. The fourth-order valence-electron chi connectivity index (χ4n) is 3.56. The maximum absolute atomic E-state index is 12.9. The van der Waals surface area contributed by atoms with Gasteiger partial charge in [0.25, 0.3) is 5.91 Å². The lowest BCUT2D eigenvalue weighted by molar-refractivity contribution is 0.0674. The van der Waals surface area contributed by atoms with E-state index in [0.717, 1.165) is 23.9 Å². The van der Waals surface area contributed by atoms with Crippen LogP contribution < -0.4 is 4.90 Å². The molecule has 5 nitrogen and oxygen atoms in total. The van der Waals surface area contributed by atoms with Crippen LogP contribution in [0.25, 0.3) is 0 Å². The second-order valence-electron chi connectivity index (χ2n) is 7.58. The number of carbonyl (C=O) groups is 1. The van der Waals surface area contributed by atoms with Crippen LogP contribution in [0, 0.1) is 6.92 Å². The van der Waals surface area contributed by atoms with E-state index in [4.69, 9.17) is 28.2 Å². The Hall–Kier alpha value is -2.15. The fourth-order valence-corrected chi connectivity index (χ4v) is 4.58. The first-order valence-electron chi connectivity index (χ1n) is 9.80. The first kappa shape index (κ1) is 21.1. The molecule has 1 aliphatic rings. The zero-order chi connectivity index (χ0) is 21.3. The molecule has 1 atom stereocenters. The van der Waals surface area contributed by atoms with Crippen molar-refractivity contribution in [1.82, 2.24) is 14.3 Å². The van der Waals surface area contributed by atoms with Gasteiger partial charge < -0.3 is 9.80 Å². The van der Waals surface area contributed by atoms with Gasteiger partial charge in [-0.1, -0.05) is 53.0 Å². The molecule has 3 aromatic rings. The third-order valence-corrected chi connectivity index (χ3v) is 6.82. The van der Waals surface area contributed by atoms with E-state index in [2.05, 4.69) is 47.4 Å². The molecule has 156 valence electrons. The second kappa shape index (κ2) is 8.92. The molecule has 1 aliphatic heterocycles. The highest BCUT2D eigenvalue weighted by atomic mass is 35.5. The van der Waals surface area contributed by atoms with Crippen molar-refractivity contribution in [3.8, 4) is 0 Å². The molecule has 0 aliphatic carbocycles. The minimum absolute atomic E-state index is 0.0296. The highest BCUT2D eigenvalue weighted by Crippen LogP contribution is 2.26. The van der Waals surface area contributed by atoms with Gasteiger partial charge in [0, 0.05) is 49.2 Å². The van der Waals surface area contributed by atoms with Crippen LogP contribution in [-0.2, 0) is 6.42 Å². The fraction of sp³-hybridized carbons (Fsp3) is 0.318. The Morgan fingerprint density at radius 3 is 2.60 bits per heavy atom. The number of aryl methyl sites for hydroxylation is 1. The Bertz CT molecular complexity index is 1050. The predicted octanol–water partition coefficient (Wildman–Crippen LogP) is 5.10. The average molecular weight is 461 g/mol. The molecule has 8 heteroatoms. The monoisotopic (exact) mass is 460 g/mol. The summed E-state index contributed by atoms with van der Waals surface area (Å²) in [6.45, 7) is 6.18. The number of piperazine rings is 1. The van der Waals surface area contributed by atoms with Gasteiger partial charge in [0.15, 0.2) is 0 Å². The van der Waals surface area contributed by atoms with E-state index in [1.165, 1.54) is 22.7 Å². The summed E-state index contributed by atoms with van der Waals surface area (Å²) in [5.41, 5.74) is 3.00. The number of aromatic nitrogens is 2. The Kier molecular flexibility index (Phi) is 6.27. The van der Waals surface area contributed by atoms with Crippen LogP contribution in [0.2, 0.25) is 10.0 Å². The van der Waals surface area contributed by atoms with Crippen molar-refractivity contribution < 1.29 is 4.79 Å². The molecule has 0 saturated carbocycles. The number of hydrogen-bond donors (Lipinski definition) is 0. The van der Waals surface area contributed by atoms with E-state index in [0.29, 0.717) is 28.7 Å². The van der Waals surface area contributed by atoms with Gasteiger partial charge in [-0.2, -0.15) is 4.37 Å². The summed E-state index contributed by atoms with van der Waals surface area (Å²) in [5, 5.41) is 1.75. The summed E-state index contributed by atoms with van der Waals surface area (Å²) in [5.74, 6) is 0.804. The van der Waals surface area contributed by atoms with E-state index in [1.54, 1.807) is 18.2 Å².